The zero-order chi connectivity index (χ0) is 9.97. The Morgan fingerprint density at radius 1 is 1.50 bits per heavy atom. The first-order chi connectivity index (χ1) is 6.75. The lowest BCUT2D eigenvalue weighted by Gasteiger charge is -1.97. The van der Waals surface area contributed by atoms with Crippen molar-refractivity contribution in [1.29, 1.82) is 0 Å². The normalized spacial score (nSPS) is 10.6. The van der Waals surface area contributed by atoms with Crippen LogP contribution >= 0.6 is 27.3 Å². The second-order valence-corrected chi connectivity index (χ2v) is 5.46. The van der Waals surface area contributed by atoms with Gasteiger partial charge in [-0.3, -0.25) is 4.57 Å². The van der Waals surface area contributed by atoms with Crippen molar-refractivity contribution < 1.29 is 0 Å². The van der Waals surface area contributed by atoms with Crippen LogP contribution in [0.3, 0.4) is 0 Å². The van der Waals surface area contributed by atoms with Gasteiger partial charge in [-0.2, -0.15) is 0 Å². The van der Waals surface area contributed by atoms with Crippen molar-refractivity contribution in [2.45, 2.75) is 13.0 Å². The number of H-pyrrole nitrogens is 1. The molecule has 0 amide bonds. The van der Waals surface area contributed by atoms with E-state index in [0.29, 0.717) is 0 Å². The Bertz CT molecular complexity index is 471. The monoisotopic (exact) mass is 272 g/mol. The summed E-state index contributed by atoms with van der Waals surface area (Å²) < 4.78 is 2.81. The van der Waals surface area contributed by atoms with Gasteiger partial charge in [0.05, 0.1) is 3.79 Å². The number of thiophene rings is 1. The van der Waals surface area contributed by atoms with E-state index in [1.54, 1.807) is 28.3 Å². The van der Waals surface area contributed by atoms with Crippen LogP contribution in [0.2, 0.25) is 0 Å². The van der Waals surface area contributed by atoms with Crippen molar-refractivity contribution in [3.05, 3.63) is 43.7 Å². The minimum atomic E-state index is -0.0411. The number of hydrogen-bond acceptors (Lipinski definition) is 2. The van der Waals surface area contributed by atoms with Crippen LogP contribution in [0, 0.1) is 0 Å². The number of halogens is 1. The van der Waals surface area contributed by atoms with Crippen LogP contribution in [0.25, 0.3) is 0 Å². The van der Waals surface area contributed by atoms with Crippen LogP contribution in [0.15, 0.2) is 33.1 Å². The van der Waals surface area contributed by atoms with Crippen molar-refractivity contribution in [3.63, 3.8) is 0 Å². The summed E-state index contributed by atoms with van der Waals surface area (Å²) in [5.74, 6) is 0. The third kappa shape index (κ3) is 2.16. The zero-order valence-electron chi connectivity index (χ0n) is 7.37. The van der Waals surface area contributed by atoms with Crippen molar-refractivity contribution in [2.75, 3.05) is 0 Å². The molecule has 3 nitrogen and oxygen atoms in total. The summed E-state index contributed by atoms with van der Waals surface area (Å²) in [6, 6.07) is 4.10. The molecule has 0 saturated heterocycles. The molecule has 0 aliphatic rings. The Balaban J connectivity index is 2.01. The molecule has 0 aliphatic carbocycles. The summed E-state index contributed by atoms with van der Waals surface area (Å²) in [6.07, 6.45) is 4.33. The summed E-state index contributed by atoms with van der Waals surface area (Å²) in [4.78, 5) is 15.0. The zero-order valence-corrected chi connectivity index (χ0v) is 9.77. The maximum Gasteiger partial charge on any atom is 0.325 e. The summed E-state index contributed by atoms with van der Waals surface area (Å²) in [6.45, 7) is 0.731. The summed E-state index contributed by atoms with van der Waals surface area (Å²) in [5, 5.41) is 0. The molecule has 0 bridgehead atoms. The molecule has 0 atom stereocenters. The lowest BCUT2D eigenvalue weighted by molar-refractivity contribution is 0.677. The minimum absolute atomic E-state index is 0.0411. The molecule has 14 heavy (non-hydrogen) atoms. The highest BCUT2D eigenvalue weighted by molar-refractivity contribution is 9.11. The lowest BCUT2D eigenvalue weighted by atomic mass is 10.3. The van der Waals surface area contributed by atoms with E-state index in [-0.39, 0.29) is 5.69 Å². The van der Waals surface area contributed by atoms with E-state index in [1.807, 2.05) is 6.07 Å². The Morgan fingerprint density at radius 2 is 2.36 bits per heavy atom. The molecule has 0 fully saturated rings. The predicted molar refractivity (Wildman–Crippen MR) is 60.8 cm³/mol. The quantitative estimate of drug-likeness (QED) is 0.915. The van der Waals surface area contributed by atoms with Gasteiger partial charge >= 0.3 is 5.69 Å². The third-order valence-corrected chi connectivity index (χ3v) is 3.63. The highest BCUT2D eigenvalue weighted by atomic mass is 79.9. The van der Waals surface area contributed by atoms with Crippen LogP contribution in [0.1, 0.15) is 4.88 Å². The third-order valence-electron chi connectivity index (χ3n) is 1.95. The molecule has 0 unspecified atom stereocenters. The van der Waals surface area contributed by atoms with Crippen LogP contribution in [-0.2, 0) is 13.0 Å². The molecule has 0 aromatic carbocycles. The number of aromatic nitrogens is 2. The molecule has 0 radical (unpaired) electrons. The van der Waals surface area contributed by atoms with Gasteiger partial charge in [-0.1, -0.05) is 0 Å². The molecular weight excluding hydrogens is 264 g/mol. The van der Waals surface area contributed by atoms with E-state index in [9.17, 15) is 4.79 Å². The van der Waals surface area contributed by atoms with E-state index in [1.165, 1.54) is 4.88 Å². The van der Waals surface area contributed by atoms with Gasteiger partial charge in [-0.15, -0.1) is 11.3 Å². The number of nitrogens with one attached hydrogen (secondary N) is 1. The van der Waals surface area contributed by atoms with Crippen LogP contribution in [-0.4, -0.2) is 9.55 Å². The maximum absolute atomic E-state index is 11.1. The Labute approximate surface area is 93.5 Å². The summed E-state index contributed by atoms with van der Waals surface area (Å²) in [5.41, 5.74) is -0.0411. The van der Waals surface area contributed by atoms with E-state index < -0.39 is 0 Å². The van der Waals surface area contributed by atoms with E-state index in [0.717, 1.165) is 16.8 Å². The molecule has 5 heteroatoms. The number of aromatic amines is 1. The van der Waals surface area contributed by atoms with Gasteiger partial charge < -0.3 is 4.98 Å². The topological polar surface area (TPSA) is 37.8 Å². The van der Waals surface area contributed by atoms with E-state index in [2.05, 4.69) is 27.0 Å². The van der Waals surface area contributed by atoms with Crippen LogP contribution < -0.4 is 5.69 Å². The van der Waals surface area contributed by atoms with Gasteiger partial charge in [0.25, 0.3) is 0 Å². The van der Waals surface area contributed by atoms with Crippen molar-refractivity contribution in [3.8, 4) is 0 Å². The lowest BCUT2D eigenvalue weighted by Crippen LogP contribution is -2.16. The van der Waals surface area contributed by atoms with Crippen molar-refractivity contribution >= 4 is 27.3 Å². The maximum atomic E-state index is 11.1. The number of rotatable bonds is 3. The molecular formula is C9H9BrN2OS. The Morgan fingerprint density at radius 3 is 2.93 bits per heavy atom. The molecule has 2 rings (SSSR count). The Kier molecular flexibility index (Phi) is 2.88. The van der Waals surface area contributed by atoms with Gasteiger partial charge in [0.2, 0.25) is 0 Å². The average molecular weight is 273 g/mol. The summed E-state index contributed by atoms with van der Waals surface area (Å²) in [7, 11) is 0. The first-order valence-corrected chi connectivity index (χ1v) is 5.85. The fourth-order valence-electron chi connectivity index (χ4n) is 1.24. The highest BCUT2D eigenvalue weighted by Gasteiger charge is 1.99. The number of aryl methyl sites for hydroxylation is 2. The Hall–Kier alpha value is -0.810. The number of imidazole rings is 1. The van der Waals surface area contributed by atoms with E-state index in [4.69, 9.17) is 0 Å². The molecule has 2 heterocycles. The van der Waals surface area contributed by atoms with Gasteiger partial charge in [-0.25, -0.2) is 4.79 Å². The van der Waals surface area contributed by atoms with E-state index >= 15 is 0 Å². The fourth-order valence-corrected chi connectivity index (χ4v) is 2.71. The fraction of sp³-hybridized carbons (Fsp3) is 0.222. The first kappa shape index (κ1) is 9.73. The van der Waals surface area contributed by atoms with Gasteiger partial charge in [-0.05, 0) is 34.5 Å². The number of hydrogen-bond donors (Lipinski definition) is 1. The summed E-state index contributed by atoms with van der Waals surface area (Å²) >= 11 is 5.12. The van der Waals surface area contributed by atoms with Crippen LogP contribution in [0.5, 0.6) is 0 Å². The van der Waals surface area contributed by atoms with Gasteiger partial charge in [0, 0.05) is 23.8 Å². The molecule has 2 aromatic rings. The van der Waals surface area contributed by atoms with Crippen molar-refractivity contribution in [2.24, 2.45) is 0 Å². The highest BCUT2D eigenvalue weighted by Crippen LogP contribution is 2.22. The molecule has 1 N–H and O–H groups in total. The predicted octanol–water partition coefficient (Wildman–Crippen LogP) is 2.24. The second-order valence-electron chi connectivity index (χ2n) is 2.91. The van der Waals surface area contributed by atoms with Crippen LogP contribution in [0.4, 0.5) is 0 Å². The molecule has 0 aliphatic heterocycles. The molecule has 0 spiro atoms. The minimum Gasteiger partial charge on any atom is -0.313 e. The average Bonchev–Trinajstić information content (AvgIpc) is 2.72. The standard InChI is InChI=1S/C9H9BrN2OS/c10-8-2-1-7(14-8)3-5-12-6-4-11-9(12)13/h1-2,4,6H,3,5H2,(H,11,13). The SMILES string of the molecule is O=c1[nH]ccn1CCc1ccc(Br)s1. The first-order valence-electron chi connectivity index (χ1n) is 4.24. The van der Waals surface area contributed by atoms with Crippen molar-refractivity contribution in [1.82, 2.24) is 9.55 Å². The largest absolute Gasteiger partial charge is 0.325 e. The second kappa shape index (κ2) is 4.14. The smallest absolute Gasteiger partial charge is 0.313 e. The molecule has 74 valence electrons. The van der Waals surface area contributed by atoms with Gasteiger partial charge in [0.1, 0.15) is 0 Å². The molecule has 2 aromatic heterocycles. The van der Waals surface area contributed by atoms with Gasteiger partial charge in [0.15, 0.2) is 0 Å². The number of nitrogens with zero attached hydrogens (tertiary/aromatic N) is 1. The molecule has 0 saturated carbocycles.